The van der Waals surface area contributed by atoms with E-state index in [0.717, 1.165) is 12.1 Å². The number of amidine groups is 1. The molecule has 31 heavy (non-hydrogen) atoms. The number of carbonyl (C=O) groups excluding carboxylic acids is 1. The van der Waals surface area contributed by atoms with Gasteiger partial charge >= 0.3 is 0 Å². The molecule has 0 atom stereocenters. The van der Waals surface area contributed by atoms with E-state index in [4.69, 9.17) is 32.6 Å². The molecule has 2 heterocycles. The predicted octanol–water partition coefficient (Wildman–Crippen LogP) is 7.58. The standard InChI is InChI=1S/C24H20Cl2N2O2S/c1-3-12-28-23(29)22(31-24(28)27-17-7-4-15(2)5-8-17)14-18-9-11-21(30-18)19-13-16(25)6-10-20(19)26/h4-11,13-14H,3,12H2,1-2H3/b22-14+,27-24?. The lowest BCUT2D eigenvalue weighted by Gasteiger charge is -2.13. The number of rotatable bonds is 5. The van der Waals surface area contributed by atoms with E-state index in [1.54, 1.807) is 29.2 Å². The quantitative estimate of drug-likeness (QED) is 0.361. The highest BCUT2D eigenvalue weighted by Gasteiger charge is 2.33. The van der Waals surface area contributed by atoms with E-state index in [9.17, 15) is 4.79 Å². The summed E-state index contributed by atoms with van der Waals surface area (Å²) in [5.74, 6) is 1.08. The van der Waals surface area contributed by atoms with Crippen LogP contribution in [0.15, 0.2) is 68.9 Å². The summed E-state index contributed by atoms with van der Waals surface area (Å²) >= 11 is 13.7. The van der Waals surface area contributed by atoms with E-state index >= 15 is 0 Å². The first-order chi connectivity index (χ1) is 14.9. The summed E-state index contributed by atoms with van der Waals surface area (Å²) in [5.41, 5.74) is 2.69. The second-order valence-corrected chi connectivity index (χ2v) is 8.98. The molecule has 4 rings (SSSR count). The van der Waals surface area contributed by atoms with Crippen LogP contribution in [0, 0.1) is 6.92 Å². The van der Waals surface area contributed by atoms with Crippen molar-refractivity contribution in [3.05, 3.63) is 80.9 Å². The molecule has 3 aromatic rings. The third kappa shape index (κ3) is 4.90. The fourth-order valence-electron chi connectivity index (χ4n) is 3.13. The van der Waals surface area contributed by atoms with Gasteiger partial charge in [-0.25, -0.2) is 4.99 Å². The number of carbonyl (C=O) groups is 1. The van der Waals surface area contributed by atoms with E-state index in [1.807, 2.05) is 50.2 Å². The maximum absolute atomic E-state index is 13.0. The second-order valence-electron chi connectivity index (χ2n) is 7.12. The zero-order valence-corrected chi connectivity index (χ0v) is 19.4. The number of hydrogen-bond donors (Lipinski definition) is 0. The number of hydrogen-bond acceptors (Lipinski definition) is 4. The molecule has 1 saturated heterocycles. The van der Waals surface area contributed by atoms with Crippen LogP contribution in [0.1, 0.15) is 24.7 Å². The van der Waals surface area contributed by atoms with Crippen LogP contribution in [0.3, 0.4) is 0 Å². The molecule has 7 heteroatoms. The Morgan fingerprint density at radius 2 is 1.87 bits per heavy atom. The van der Waals surface area contributed by atoms with Gasteiger partial charge in [-0.2, -0.15) is 0 Å². The molecule has 0 saturated carbocycles. The maximum atomic E-state index is 13.0. The highest BCUT2D eigenvalue weighted by atomic mass is 35.5. The normalized spacial score (nSPS) is 16.6. The monoisotopic (exact) mass is 470 g/mol. The van der Waals surface area contributed by atoms with E-state index in [2.05, 4.69) is 0 Å². The zero-order chi connectivity index (χ0) is 22.0. The van der Waals surface area contributed by atoms with E-state index in [0.29, 0.717) is 43.7 Å². The lowest BCUT2D eigenvalue weighted by molar-refractivity contribution is -0.122. The van der Waals surface area contributed by atoms with Gasteiger partial charge in [0.25, 0.3) is 5.91 Å². The van der Waals surface area contributed by atoms with Crippen molar-refractivity contribution >= 4 is 57.8 Å². The molecule has 158 valence electrons. The predicted molar refractivity (Wildman–Crippen MR) is 130 cm³/mol. The number of halogens is 2. The number of aliphatic imine (C=N–C) groups is 1. The molecular weight excluding hydrogens is 451 g/mol. The molecule has 1 amide bonds. The molecule has 0 N–H and O–H groups in total. The molecule has 1 aromatic heterocycles. The number of nitrogens with zero attached hydrogens (tertiary/aromatic N) is 2. The summed E-state index contributed by atoms with van der Waals surface area (Å²) in [7, 11) is 0. The largest absolute Gasteiger partial charge is 0.457 e. The van der Waals surface area contributed by atoms with Crippen molar-refractivity contribution in [3.8, 4) is 11.3 Å². The van der Waals surface area contributed by atoms with Crippen LogP contribution in [0.5, 0.6) is 0 Å². The molecule has 0 bridgehead atoms. The number of benzene rings is 2. The van der Waals surface area contributed by atoms with Crippen molar-refractivity contribution in [3.63, 3.8) is 0 Å². The lowest BCUT2D eigenvalue weighted by atomic mass is 10.2. The van der Waals surface area contributed by atoms with Gasteiger partial charge in [0.2, 0.25) is 0 Å². The van der Waals surface area contributed by atoms with Gasteiger partial charge in [-0.15, -0.1) is 0 Å². The maximum Gasteiger partial charge on any atom is 0.266 e. The summed E-state index contributed by atoms with van der Waals surface area (Å²) in [6, 6.07) is 16.8. The first kappa shape index (κ1) is 21.8. The molecular formula is C24H20Cl2N2O2S. The lowest BCUT2D eigenvalue weighted by Crippen LogP contribution is -2.29. The minimum Gasteiger partial charge on any atom is -0.457 e. The van der Waals surface area contributed by atoms with Crippen molar-refractivity contribution in [2.24, 2.45) is 4.99 Å². The van der Waals surface area contributed by atoms with Crippen LogP contribution < -0.4 is 0 Å². The summed E-state index contributed by atoms with van der Waals surface area (Å²) < 4.78 is 5.93. The van der Waals surface area contributed by atoms with E-state index in [-0.39, 0.29) is 5.91 Å². The van der Waals surface area contributed by atoms with Crippen LogP contribution in [0.4, 0.5) is 5.69 Å². The smallest absolute Gasteiger partial charge is 0.266 e. The zero-order valence-electron chi connectivity index (χ0n) is 17.1. The minimum absolute atomic E-state index is 0.0727. The van der Waals surface area contributed by atoms with Crippen molar-refractivity contribution in [2.45, 2.75) is 20.3 Å². The van der Waals surface area contributed by atoms with Gasteiger partial charge < -0.3 is 4.42 Å². The van der Waals surface area contributed by atoms with Crippen molar-refractivity contribution in [1.82, 2.24) is 4.90 Å². The number of aryl methyl sites for hydroxylation is 1. The van der Waals surface area contributed by atoms with Gasteiger partial charge in [-0.1, -0.05) is 47.8 Å². The van der Waals surface area contributed by atoms with Crippen LogP contribution in [0.2, 0.25) is 10.0 Å². The molecule has 2 aromatic carbocycles. The SMILES string of the molecule is CCCN1C(=O)/C(=C\c2ccc(-c3cc(Cl)ccc3Cl)o2)SC1=Nc1ccc(C)cc1. The van der Waals surface area contributed by atoms with Crippen LogP contribution in [-0.4, -0.2) is 22.5 Å². The van der Waals surface area contributed by atoms with Crippen molar-refractivity contribution < 1.29 is 9.21 Å². The van der Waals surface area contributed by atoms with Crippen molar-refractivity contribution in [1.29, 1.82) is 0 Å². The summed E-state index contributed by atoms with van der Waals surface area (Å²) in [4.78, 5) is 20.0. The highest BCUT2D eigenvalue weighted by molar-refractivity contribution is 8.18. The van der Waals surface area contributed by atoms with Crippen LogP contribution in [-0.2, 0) is 4.79 Å². The molecule has 1 aliphatic rings. The molecule has 0 spiro atoms. The third-order valence-corrected chi connectivity index (χ3v) is 6.26. The average Bonchev–Trinajstić information content (AvgIpc) is 3.32. The average molecular weight is 471 g/mol. The fourth-order valence-corrected chi connectivity index (χ4v) is 4.52. The van der Waals surface area contributed by atoms with Crippen LogP contribution in [0.25, 0.3) is 17.4 Å². The topological polar surface area (TPSA) is 45.8 Å². The summed E-state index contributed by atoms with van der Waals surface area (Å²) in [5, 5.41) is 1.79. The number of amides is 1. The Hall–Kier alpha value is -2.47. The number of thioether (sulfide) groups is 1. The van der Waals surface area contributed by atoms with Gasteiger partial charge in [-0.05, 0) is 67.6 Å². The Morgan fingerprint density at radius 1 is 1.10 bits per heavy atom. The van der Waals surface area contributed by atoms with Crippen molar-refractivity contribution in [2.75, 3.05) is 6.54 Å². The Morgan fingerprint density at radius 3 is 2.61 bits per heavy atom. The molecule has 0 unspecified atom stereocenters. The summed E-state index contributed by atoms with van der Waals surface area (Å²) in [6.07, 6.45) is 2.58. The van der Waals surface area contributed by atoms with Gasteiger partial charge in [0.15, 0.2) is 5.17 Å². The Kier molecular flexibility index (Phi) is 6.56. The third-order valence-electron chi connectivity index (χ3n) is 4.69. The Labute approximate surface area is 195 Å². The number of furan rings is 1. The minimum atomic E-state index is -0.0727. The highest BCUT2D eigenvalue weighted by Crippen LogP contribution is 2.36. The first-order valence-corrected chi connectivity index (χ1v) is 11.4. The van der Waals surface area contributed by atoms with Gasteiger partial charge in [0, 0.05) is 23.2 Å². The first-order valence-electron chi connectivity index (χ1n) is 9.86. The summed E-state index contributed by atoms with van der Waals surface area (Å²) in [6.45, 7) is 4.68. The molecule has 4 nitrogen and oxygen atoms in total. The van der Waals surface area contributed by atoms with Crippen LogP contribution >= 0.6 is 35.0 Å². The van der Waals surface area contributed by atoms with Gasteiger partial charge in [0.05, 0.1) is 15.6 Å². The van der Waals surface area contributed by atoms with E-state index < -0.39 is 0 Å². The molecule has 0 radical (unpaired) electrons. The molecule has 1 fully saturated rings. The fraction of sp³-hybridized carbons (Fsp3) is 0.167. The van der Waals surface area contributed by atoms with E-state index in [1.165, 1.54) is 17.3 Å². The van der Waals surface area contributed by atoms with Gasteiger partial charge in [0.1, 0.15) is 11.5 Å². The Bertz CT molecular complexity index is 1180. The second kappa shape index (κ2) is 9.35. The Balaban J connectivity index is 1.63. The van der Waals surface area contributed by atoms with Gasteiger partial charge in [-0.3, -0.25) is 9.69 Å². The molecule has 1 aliphatic heterocycles. The molecule has 0 aliphatic carbocycles.